The summed E-state index contributed by atoms with van der Waals surface area (Å²) in [6, 6.07) is 3.86. The molecule has 4 nitrogen and oxygen atoms in total. The van der Waals surface area contributed by atoms with Crippen molar-refractivity contribution < 1.29 is 19.0 Å². The number of hydrogen-bond acceptors (Lipinski definition) is 4. The molecule has 5 atom stereocenters. The average molecular weight is 524 g/mol. The van der Waals surface area contributed by atoms with Gasteiger partial charge in [-0.25, -0.2) is 4.79 Å². The van der Waals surface area contributed by atoms with Crippen LogP contribution in [0.15, 0.2) is 18.7 Å². The topological polar surface area (TPSA) is 44.8 Å². The molecule has 0 aromatic heterocycles. The Hall–Kier alpha value is -1.24. The average Bonchev–Trinajstić information content (AvgIpc) is 3.24. The Balaban J connectivity index is 1.49. The Morgan fingerprint density at radius 3 is 2.67 bits per heavy atom. The Morgan fingerprint density at radius 2 is 2.00 bits per heavy atom. The van der Waals surface area contributed by atoms with Crippen LogP contribution >= 0.6 is 22.6 Å². The van der Waals surface area contributed by atoms with Crippen LogP contribution in [0.5, 0.6) is 11.5 Å². The van der Waals surface area contributed by atoms with Gasteiger partial charge in [-0.05, 0) is 96.1 Å². The van der Waals surface area contributed by atoms with Gasteiger partial charge in [-0.15, -0.1) is 0 Å². The van der Waals surface area contributed by atoms with Crippen LogP contribution in [0, 0.1) is 32.7 Å². The van der Waals surface area contributed by atoms with Crippen molar-refractivity contribution in [2.45, 2.75) is 59.0 Å². The Morgan fingerprint density at radius 1 is 1.27 bits per heavy atom. The number of carbonyl (C=O) groups excluding carboxylic acids is 1. The summed E-state index contributed by atoms with van der Waals surface area (Å²) >= 11 is 2.21. The zero-order valence-corrected chi connectivity index (χ0v) is 20.7. The van der Waals surface area contributed by atoms with Crippen molar-refractivity contribution in [1.82, 2.24) is 0 Å². The van der Waals surface area contributed by atoms with E-state index in [0.29, 0.717) is 41.3 Å². The second kappa shape index (κ2) is 8.03. The second-order valence-electron chi connectivity index (χ2n) is 9.74. The summed E-state index contributed by atoms with van der Waals surface area (Å²) < 4.78 is 18.9. The van der Waals surface area contributed by atoms with Crippen LogP contribution in [0.25, 0.3) is 6.08 Å². The molecule has 0 amide bonds. The molecule has 3 fully saturated rings. The monoisotopic (exact) mass is 524 g/mol. The van der Waals surface area contributed by atoms with Crippen molar-refractivity contribution in [1.29, 1.82) is 0 Å². The molecule has 164 valence electrons. The molecule has 1 aromatic carbocycles. The Labute approximate surface area is 193 Å². The van der Waals surface area contributed by atoms with E-state index in [4.69, 9.17) is 14.2 Å². The van der Waals surface area contributed by atoms with Crippen LogP contribution in [0.3, 0.4) is 0 Å². The quantitative estimate of drug-likeness (QED) is 0.304. The summed E-state index contributed by atoms with van der Waals surface area (Å²) in [5.41, 5.74) is 1.16. The first kappa shape index (κ1) is 22.0. The molecule has 0 aliphatic heterocycles. The lowest BCUT2D eigenvalue weighted by atomic mass is 9.61. The number of hydrogen-bond donors (Lipinski definition) is 0. The largest absolute Gasteiger partial charge is 0.490 e. The van der Waals surface area contributed by atoms with Crippen molar-refractivity contribution in [3.05, 3.63) is 27.8 Å². The maximum Gasteiger partial charge on any atom is 0.344 e. The molecule has 1 spiro atoms. The SMILES string of the molecule is C=Cc1cc(I)c(OCC(=O)OC2(C(C)C)C(C)CC34CC3CC2C4)c(OCC)c1. The normalized spacial score (nSPS) is 33.7. The van der Waals surface area contributed by atoms with Crippen LogP contribution < -0.4 is 9.47 Å². The Kier molecular flexibility index (Phi) is 5.88. The standard InChI is InChI=1S/C25H33IO4/c1-6-17-8-20(26)23(21(9-17)28-7-2)29-14-22(27)30-25(15(3)4)16(5)11-24-12-18(24)10-19(25)13-24/h6,8-9,15-16,18-19H,1,7,10-14H2,2-5H3. The predicted octanol–water partition coefficient (Wildman–Crippen LogP) is 6.11. The molecular formula is C25H33IO4. The number of ether oxygens (including phenoxy) is 3. The summed E-state index contributed by atoms with van der Waals surface area (Å²) in [7, 11) is 0. The highest BCUT2D eigenvalue weighted by molar-refractivity contribution is 14.1. The van der Waals surface area contributed by atoms with Gasteiger partial charge in [0.15, 0.2) is 18.1 Å². The molecule has 0 radical (unpaired) electrons. The lowest BCUT2D eigenvalue weighted by Crippen LogP contribution is -2.55. The summed E-state index contributed by atoms with van der Waals surface area (Å²) in [6.07, 6.45) is 6.79. The van der Waals surface area contributed by atoms with Crippen LogP contribution in [0.4, 0.5) is 0 Å². The molecule has 0 N–H and O–H groups in total. The minimum Gasteiger partial charge on any atom is -0.490 e. The van der Waals surface area contributed by atoms with Gasteiger partial charge in [0.2, 0.25) is 0 Å². The van der Waals surface area contributed by atoms with E-state index < -0.39 is 0 Å². The van der Waals surface area contributed by atoms with E-state index in [2.05, 4.69) is 49.9 Å². The number of esters is 1. The predicted molar refractivity (Wildman–Crippen MR) is 127 cm³/mol. The molecule has 30 heavy (non-hydrogen) atoms. The van der Waals surface area contributed by atoms with Crippen molar-refractivity contribution in [2.75, 3.05) is 13.2 Å². The third-order valence-electron chi connectivity index (χ3n) is 7.80. The van der Waals surface area contributed by atoms with Crippen molar-refractivity contribution in [3.8, 4) is 11.5 Å². The van der Waals surface area contributed by atoms with Gasteiger partial charge in [-0.1, -0.05) is 33.4 Å². The molecule has 3 aliphatic rings. The van der Waals surface area contributed by atoms with E-state index in [-0.39, 0.29) is 18.2 Å². The number of fused-ring (bicyclic) bond motifs is 1. The van der Waals surface area contributed by atoms with E-state index >= 15 is 0 Å². The molecule has 5 heteroatoms. The molecule has 4 rings (SSSR count). The van der Waals surface area contributed by atoms with E-state index in [9.17, 15) is 4.79 Å². The zero-order valence-electron chi connectivity index (χ0n) is 18.5. The van der Waals surface area contributed by atoms with E-state index in [1.807, 2.05) is 19.1 Å². The molecular weight excluding hydrogens is 491 g/mol. The third-order valence-corrected chi connectivity index (χ3v) is 8.60. The van der Waals surface area contributed by atoms with Crippen molar-refractivity contribution >= 4 is 34.6 Å². The first-order valence-electron chi connectivity index (χ1n) is 11.2. The van der Waals surface area contributed by atoms with Gasteiger partial charge >= 0.3 is 5.97 Å². The summed E-state index contributed by atoms with van der Waals surface area (Å²) in [5.74, 6) is 2.97. The molecule has 1 aromatic rings. The highest BCUT2D eigenvalue weighted by Crippen LogP contribution is 2.75. The molecule has 0 saturated heterocycles. The van der Waals surface area contributed by atoms with Gasteiger partial charge in [0.05, 0.1) is 10.2 Å². The van der Waals surface area contributed by atoms with Gasteiger partial charge in [-0.3, -0.25) is 0 Å². The third kappa shape index (κ3) is 3.55. The van der Waals surface area contributed by atoms with Gasteiger partial charge in [-0.2, -0.15) is 0 Å². The minimum absolute atomic E-state index is 0.105. The molecule has 0 heterocycles. The second-order valence-corrected chi connectivity index (χ2v) is 10.9. The van der Waals surface area contributed by atoms with E-state index in [1.165, 1.54) is 25.7 Å². The number of carbonyl (C=O) groups is 1. The molecule has 5 unspecified atom stereocenters. The fraction of sp³-hybridized carbons (Fsp3) is 0.640. The summed E-state index contributed by atoms with van der Waals surface area (Å²) in [4.78, 5) is 13.0. The van der Waals surface area contributed by atoms with Crippen LogP contribution in [-0.4, -0.2) is 24.8 Å². The maximum atomic E-state index is 13.0. The molecule has 3 saturated carbocycles. The summed E-state index contributed by atoms with van der Waals surface area (Å²) in [6.45, 7) is 12.9. The fourth-order valence-corrected chi connectivity index (χ4v) is 7.37. The highest BCUT2D eigenvalue weighted by Gasteiger charge is 2.70. The maximum absolute atomic E-state index is 13.0. The smallest absolute Gasteiger partial charge is 0.344 e. The highest BCUT2D eigenvalue weighted by atomic mass is 127. The number of halogens is 1. The van der Waals surface area contributed by atoms with E-state index in [1.54, 1.807) is 6.08 Å². The number of benzene rings is 1. The van der Waals surface area contributed by atoms with Crippen LogP contribution in [-0.2, 0) is 9.53 Å². The van der Waals surface area contributed by atoms with Gasteiger partial charge in [0, 0.05) is 5.92 Å². The lowest BCUT2D eigenvalue weighted by Gasteiger charge is -2.50. The van der Waals surface area contributed by atoms with Gasteiger partial charge in [0.25, 0.3) is 0 Å². The molecule has 3 aliphatic carbocycles. The number of rotatable bonds is 8. The van der Waals surface area contributed by atoms with E-state index in [0.717, 1.165) is 15.1 Å². The van der Waals surface area contributed by atoms with Gasteiger partial charge in [0.1, 0.15) is 5.60 Å². The Bertz CT molecular complexity index is 850. The lowest BCUT2D eigenvalue weighted by molar-refractivity contribution is -0.195. The van der Waals surface area contributed by atoms with Crippen molar-refractivity contribution in [2.24, 2.45) is 29.1 Å². The summed E-state index contributed by atoms with van der Waals surface area (Å²) in [5, 5.41) is 0. The minimum atomic E-state index is -0.373. The van der Waals surface area contributed by atoms with Crippen LogP contribution in [0.1, 0.15) is 58.9 Å². The zero-order chi connectivity index (χ0) is 21.7. The fourth-order valence-electron chi connectivity index (χ4n) is 6.59. The first-order chi connectivity index (χ1) is 14.3. The van der Waals surface area contributed by atoms with Crippen molar-refractivity contribution in [3.63, 3.8) is 0 Å². The van der Waals surface area contributed by atoms with Crippen LogP contribution in [0.2, 0.25) is 0 Å². The molecule has 2 bridgehead atoms. The first-order valence-corrected chi connectivity index (χ1v) is 12.3. The van der Waals surface area contributed by atoms with Gasteiger partial charge < -0.3 is 14.2 Å².